The van der Waals surface area contributed by atoms with Gasteiger partial charge in [-0.15, -0.1) is 0 Å². The molecule has 5 unspecified atom stereocenters. The molecule has 0 aliphatic heterocycles. The number of aliphatic hydroxyl groups excluding tert-OH is 1. The molecule has 5 atom stereocenters. The van der Waals surface area contributed by atoms with Gasteiger partial charge in [-0.05, 0) is 17.9 Å². The minimum Gasteiger partial charge on any atom is -0.480 e. The molecule has 9 N–H and O–H groups in total. The topological polar surface area (TPSA) is 214 Å². The van der Waals surface area contributed by atoms with E-state index >= 15 is 0 Å². The molecular weight excluding hydrogens is 446 g/mol. The zero-order valence-corrected chi connectivity index (χ0v) is 19.2. The Balaban J connectivity index is 2.96. The van der Waals surface area contributed by atoms with Crippen LogP contribution in [-0.4, -0.2) is 70.6 Å². The number of carbonyl (C=O) groups excluding carboxylic acids is 4. The zero-order chi connectivity index (χ0) is 25.8. The fourth-order valence-corrected chi connectivity index (χ4v) is 3.05. The van der Waals surface area contributed by atoms with Crippen LogP contribution in [0, 0.1) is 5.92 Å². The zero-order valence-electron chi connectivity index (χ0n) is 19.2. The van der Waals surface area contributed by atoms with Gasteiger partial charge in [0.15, 0.2) is 0 Å². The van der Waals surface area contributed by atoms with Gasteiger partial charge in [-0.1, -0.05) is 50.6 Å². The van der Waals surface area contributed by atoms with Crippen LogP contribution in [-0.2, 0) is 30.4 Å². The molecule has 1 aromatic rings. The normalized spacial score (nSPS) is 15.2. The molecule has 12 nitrogen and oxygen atoms in total. The molecule has 0 saturated heterocycles. The number of aliphatic hydroxyl groups is 1. The van der Waals surface area contributed by atoms with E-state index in [4.69, 9.17) is 21.7 Å². The molecule has 12 heteroatoms. The van der Waals surface area contributed by atoms with Gasteiger partial charge in [0.2, 0.25) is 23.6 Å². The van der Waals surface area contributed by atoms with Crippen molar-refractivity contribution in [2.24, 2.45) is 17.4 Å². The van der Waals surface area contributed by atoms with Crippen molar-refractivity contribution in [3.05, 3.63) is 35.9 Å². The molecule has 0 spiro atoms. The first-order valence-corrected chi connectivity index (χ1v) is 10.8. The van der Waals surface area contributed by atoms with Crippen LogP contribution >= 0.6 is 0 Å². The second kappa shape index (κ2) is 13.9. The fourth-order valence-electron chi connectivity index (χ4n) is 3.05. The third-order valence-corrected chi connectivity index (χ3v) is 5.26. The van der Waals surface area contributed by atoms with Gasteiger partial charge >= 0.3 is 5.97 Å². The Hall–Kier alpha value is -3.51. The molecule has 1 rings (SSSR count). The van der Waals surface area contributed by atoms with E-state index < -0.39 is 72.7 Å². The number of carboxylic acid groups (broad SMARTS) is 1. The summed E-state index contributed by atoms with van der Waals surface area (Å²) < 4.78 is 0. The van der Waals surface area contributed by atoms with E-state index in [0.29, 0.717) is 6.42 Å². The number of aliphatic carboxylic acids is 1. The van der Waals surface area contributed by atoms with Crippen LogP contribution in [0.4, 0.5) is 0 Å². The molecule has 34 heavy (non-hydrogen) atoms. The molecule has 0 aliphatic rings. The van der Waals surface area contributed by atoms with Gasteiger partial charge in [0.25, 0.3) is 0 Å². The summed E-state index contributed by atoms with van der Waals surface area (Å²) >= 11 is 0. The van der Waals surface area contributed by atoms with Crippen LogP contribution in [0.1, 0.15) is 32.3 Å². The summed E-state index contributed by atoms with van der Waals surface area (Å²) in [6, 6.07) is 3.78. The highest BCUT2D eigenvalue weighted by molar-refractivity contribution is 5.96. The lowest BCUT2D eigenvalue weighted by atomic mass is 9.97. The Kier molecular flexibility index (Phi) is 11.7. The Morgan fingerprint density at radius 3 is 2.03 bits per heavy atom. The number of carboxylic acids is 1. The molecule has 0 fully saturated rings. The Morgan fingerprint density at radius 1 is 0.941 bits per heavy atom. The number of nitrogens with two attached hydrogens (primary N) is 2. The Labute approximate surface area is 197 Å². The summed E-state index contributed by atoms with van der Waals surface area (Å²) in [6.07, 6.45) is 0.0795. The lowest BCUT2D eigenvalue weighted by Gasteiger charge is -2.27. The van der Waals surface area contributed by atoms with Crippen molar-refractivity contribution >= 4 is 29.6 Å². The van der Waals surface area contributed by atoms with Crippen LogP contribution < -0.4 is 27.4 Å². The van der Waals surface area contributed by atoms with Crippen molar-refractivity contribution in [1.29, 1.82) is 0 Å². The average molecular weight is 480 g/mol. The molecule has 0 radical (unpaired) electrons. The molecule has 1 aromatic carbocycles. The predicted octanol–water partition coefficient (Wildman–Crippen LogP) is -1.99. The minimum absolute atomic E-state index is 0.188. The second-order valence-corrected chi connectivity index (χ2v) is 7.98. The van der Waals surface area contributed by atoms with Crippen LogP contribution in [0.3, 0.4) is 0 Å². The number of amides is 4. The van der Waals surface area contributed by atoms with Crippen LogP contribution in [0.15, 0.2) is 30.3 Å². The number of carbonyl (C=O) groups is 5. The van der Waals surface area contributed by atoms with E-state index in [1.807, 2.05) is 6.07 Å². The molecule has 188 valence electrons. The first-order chi connectivity index (χ1) is 16.0. The maximum atomic E-state index is 12.9. The van der Waals surface area contributed by atoms with Gasteiger partial charge in [-0.3, -0.25) is 19.2 Å². The van der Waals surface area contributed by atoms with E-state index in [0.717, 1.165) is 5.56 Å². The third-order valence-electron chi connectivity index (χ3n) is 5.26. The Bertz CT molecular complexity index is 864. The molecule has 0 saturated carbocycles. The molecule has 0 heterocycles. The number of hydrogen-bond donors (Lipinski definition) is 7. The molecule has 0 aliphatic carbocycles. The lowest BCUT2D eigenvalue weighted by molar-refractivity contribution is -0.143. The maximum Gasteiger partial charge on any atom is 0.328 e. The minimum atomic E-state index is -1.56. The van der Waals surface area contributed by atoms with E-state index in [1.54, 1.807) is 38.1 Å². The molecule has 0 bridgehead atoms. The second-order valence-electron chi connectivity index (χ2n) is 7.98. The number of nitrogens with one attached hydrogen (secondary N) is 3. The highest BCUT2D eigenvalue weighted by atomic mass is 16.4. The summed E-state index contributed by atoms with van der Waals surface area (Å²) in [6.45, 7) is 2.56. The van der Waals surface area contributed by atoms with E-state index in [9.17, 15) is 24.0 Å². The SMILES string of the molecule is CCC(C)C(NC(=O)C(CC(N)=O)NC(=O)C(N)Cc1ccccc1)C(=O)NC(CO)C(=O)O. The number of hydrogen-bond acceptors (Lipinski definition) is 7. The van der Waals surface area contributed by atoms with Crippen molar-refractivity contribution in [2.75, 3.05) is 6.61 Å². The van der Waals surface area contributed by atoms with Crippen molar-refractivity contribution in [3.8, 4) is 0 Å². The Morgan fingerprint density at radius 2 is 1.53 bits per heavy atom. The molecular formula is C22H33N5O7. The van der Waals surface area contributed by atoms with Crippen LogP contribution in [0.2, 0.25) is 0 Å². The molecule has 4 amide bonds. The first-order valence-electron chi connectivity index (χ1n) is 10.8. The van der Waals surface area contributed by atoms with Crippen LogP contribution in [0.25, 0.3) is 0 Å². The maximum absolute atomic E-state index is 12.9. The number of primary amides is 1. The summed E-state index contributed by atoms with van der Waals surface area (Å²) in [5, 5.41) is 25.2. The quantitative estimate of drug-likeness (QED) is 0.158. The summed E-state index contributed by atoms with van der Waals surface area (Å²) in [5.41, 5.74) is 12.0. The highest BCUT2D eigenvalue weighted by Gasteiger charge is 2.33. The average Bonchev–Trinajstić information content (AvgIpc) is 2.79. The largest absolute Gasteiger partial charge is 0.480 e. The smallest absolute Gasteiger partial charge is 0.328 e. The summed E-state index contributed by atoms with van der Waals surface area (Å²) in [5.74, 6) is -5.16. The van der Waals surface area contributed by atoms with Crippen molar-refractivity contribution in [1.82, 2.24) is 16.0 Å². The molecule has 0 aromatic heterocycles. The van der Waals surface area contributed by atoms with Gasteiger partial charge in [-0.25, -0.2) is 4.79 Å². The van der Waals surface area contributed by atoms with Gasteiger partial charge in [0.1, 0.15) is 18.1 Å². The van der Waals surface area contributed by atoms with Gasteiger partial charge in [0.05, 0.1) is 19.1 Å². The number of benzene rings is 1. The summed E-state index contributed by atoms with van der Waals surface area (Å²) in [4.78, 5) is 60.7. The standard InChI is InChI=1S/C22H33N5O7/c1-3-12(2)18(21(32)26-16(11-28)22(33)34)27-20(31)15(10-17(24)29)25-19(30)14(23)9-13-7-5-4-6-8-13/h4-8,12,14-16,18,28H,3,9-11,23H2,1-2H3,(H2,24,29)(H,25,30)(H,26,32)(H,27,31)(H,33,34). The summed E-state index contributed by atoms with van der Waals surface area (Å²) in [7, 11) is 0. The monoisotopic (exact) mass is 479 g/mol. The van der Waals surface area contributed by atoms with Gasteiger partial charge in [-0.2, -0.15) is 0 Å². The van der Waals surface area contributed by atoms with E-state index in [2.05, 4.69) is 16.0 Å². The van der Waals surface area contributed by atoms with Crippen molar-refractivity contribution < 1.29 is 34.2 Å². The number of rotatable bonds is 14. The van der Waals surface area contributed by atoms with E-state index in [1.165, 1.54) is 0 Å². The third kappa shape index (κ3) is 9.16. The van der Waals surface area contributed by atoms with Gasteiger partial charge < -0.3 is 37.6 Å². The van der Waals surface area contributed by atoms with Crippen molar-refractivity contribution in [3.63, 3.8) is 0 Å². The van der Waals surface area contributed by atoms with Gasteiger partial charge in [0, 0.05) is 0 Å². The fraction of sp³-hybridized carbons (Fsp3) is 0.500. The highest BCUT2D eigenvalue weighted by Crippen LogP contribution is 2.10. The lowest BCUT2D eigenvalue weighted by Crippen LogP contribution is -2.59. The van der Waals surface area contributed by atoms with E-state index in [-0.39, 0.29) is 6.42 Å². The first kappa shape index (κ1) is 28.5. The predicted molar refractivity (Wildman–Crippen MR) is 122 cm³/mol. The van der Waals surface area contributed by atoms with Crippen molar-refractivity contribution in [2.45, 2.75) is 57.3 Å². The van der Waals surface area contributed by atoms with Crippen LogP contribution in [0.5, 0.6) is 0 Å².